The van der Waals surface area contributed by atoms with Gasteiger partial charge in [0.15, 0.2) is 0 Å². The first kappa shape index (κ1) is 13.6. The first-order valence-corrected chi connectivity index (χ1v) is 7.60. The van der Waals surface area contributed by atoms with Crippen LogP contribution in [0.15, 0.2) is 48.7 Å². The molecule has 1 aromatic carbocycles. The molecule has 0 radical (unpaired) electrons. The molecule has 1 saturated heterocycles. The van der Waals surface area contributed by atoms with Crippen molar-refractivity contribution in [3.63, 3.8) is 0 Å². The van der Waals surface area contributed by atoms with Crippen molar-refractivity contribution in [3.8, 4) is 0 Å². The highest BCUT2D eigenvalue weighted by Crippen LogP contribution is 2.32. The molecule has 2 aromatic rings. The lowest BCUT2D eigenvalue weighted by Gasteiger charge is -2.36. The van der Waals surface area contributed by atoms with Crippen molar-refractivity contribution in [1.82, 2.24) is 9.88 Å². The molecule has 3 rings (SSSR count). The van der Waals surface area contributed by atoms with Crippen LogP contribution in [0.3, 0.4) is 0 Å². The molecule has 104 valence electrons. The van der Waals surface area contributed by atoms with Crippen molar-refractivity contribution in [3.05, 3.63) is 64.9 Å². The van der Waals surface area contributed by atoms with Crippen LogP contribution in [-0.2, 0) is 6.54 Å². The molecule has 1 aromatic heterocycles. The summed E-state index contributed by atoms with van der Waals surface area (Å²) in [6, 6.07) is 15.2. The van der Waals surface area contributed by atoms with Crippen molar-refractivity contribution >= 4 is 11.6 Å². The van der Waals surface area contributed by atoms with Gasteiger partial charge in [-0.1, -0.05) is 54.4 Å². The Labute approximate surface area is 125 Å². The molecule has 1 fully saturated rings. The molecule has 0 unspecified atom stereocenters. The maximum atomic E-state index is 5.89. The van der Waals surface area contributed by atoms with Crippen LogP contribution in [0.5, 0.6) is 0 Å². The Morgan fingerprint density at radius 3 is 2.70 bits per heavy atom. The Balaban J connectivity index is 1.78. The lowest BCUT2D eigenvalue weighted by Crippen LogP contribution is -2.32. The summed E-state index contributed by atoms with van der Waals surface area (Å²) in [5.74, 6) is 0. The zero-order valence-corrected chi connectivity index (χ0v) is 12.3. The fourth-order valence-electron chi connectivity index (χ4n) is 2.96. The van der Waals surface area contributed by atoms with Gasteiger partial charge in [0.1, 0.15) is 5.15 Å². The summed E-state index contributed by atoms with van der Waals surface area (Å²) in [7, 11) is 0. The number of hydrogen-bond donors (Lipinski definition) is 0. The standard InChI is InChI=1S/C17H19ClN2/c18-17-10-9-15(12-19-17)16-8-4-5-11-20(16)13-14-6-2-1-3-7-14/h1-3,6-7,9-10,12,16H,4-5,8,11,13H2/t16-/m1/s1. The highest BCUT2D eigenvalue weighted by molar-refractivity contribution is 6.29. The number of likely N-dealkylation sites (tertiary alicyclic amines) is 1. The quantitative estimate of drug-likeness (QED) is 0.774. The first-order chi connectivity index (χ1) is 9.83. The fraction of sp³-hybridized carbons (Fsp3) is 0.353. The lowest BCUT2D eigenvalue weighted by atomic mass is 9.96. The average molecular weight is 287 g/mol. The molecule has 1 aliphatic heterocycles. The van der Waals surface area contributed by atoms with Crippen molar-refractivity contribution in [2.45, 2.75) is 31.8 Å². The van der Waals surface area contributed by atoms with Crippen LogP contribution < -0.4 is 0 Å². The van der Waals surface area contributed by atoms with Gasteiger partial charge in [-0.2, -0.15) is 0 Å². The van der Waals surface area contributed by atoms with E-state index in [9.17, 15) is 0 Å². The Hall–Kier alpha value is -1.38. The molecule has 2 heterocycles. The van der Waals surface area contributed by atoms with Crippen LogP contribution in [0.1, 0.15) is 36.4 Å². The van der Waals surface area contributed by atoms with Gasteiger partial charge in [0, 0.05) is 18.8 Å². The summed E-state index contributed by atoms with van der Waals surface area (Å²) in [6.45, 7) is 2.16. The van der Waals surface area contributed by atoms with Crippen LogP contribution in [0.25, 0.3) is 0 Å². The zero-order valence-electron chi connectivity index (χ0n) is 11.5. The maximum absolute atomic E-state index is 5.89. The Morgan fingerprint density at radius 1 is 1.10 bits per heavy atom. The molecular formula is C17H19ClN2. The van der Waals surface area contributed by atoms with Crippen molar-refractivity contribution < 1.29 is 0 Å². The van der Waals surface area contributed by atoms with E-state index in [-0.39, 0.29) is 0 Å². The van der Waals surface area contributed by atoms with Crippen LogP contribution in [0, 0.1) is 0 Å². The molecule has 0 bridgehead atoms. The molecule has 1 aliphatic rings. The van der Waals surface area contributed by atoms with E-state index >= 15 is 0 Å². The summed E-state index contributed by atoms with van der Waals surface area (Å²) >= 11 is 5.89. The van der Waals surface area contributed by atoms with Crippen molar-refractivity contribution in [2.24, 2.45) is 0 Å². The van der Waals surface area contributed by atoms with Crippen molar-refractivity contribution in [2.75, 3.05) is 6.54 Å². The van der Waals surface area contributed by atoms with E-state index in [1.165, 1.54) is 30.4 Å². The number of pyridine rings is 1. The van der Waals surface area contributed by atoms with Crippen LogP contribution in [0.4, 0.5) is 0 Å². The minimum Gasteiger partial charge on any atom is -0.292 e. The Morgan fingerprint density at radius 2 is 1.95 bits per heavy atom. The number of hydrogen-bond acceptors (Lipinski definition) is 2. The summed E-state index contributed by atoms with van der Waals surface area (Å²) in [5.41, 5.74) is 2.66. The predicted octanol–water partition coefficient (Wildman–Crippen LogP) is 4.46. The minimum absolute atomic E-state index is 0.466. The lowest BCUT2D eigenvalue weighted by molar-refractivity contribution is 0.140. The number of rotatable bonds is 3. The third-order valence-corrected chi connectivity index (χ3v) is 4.20. The van der Waals surface area contributed by atoms with Gasteiger partial charge in [0.25, 0.3) is 0 Å². The number of aromatic nitrogens is 1. The molecule has 0 amide bonds. The Kier molecular flexibility index (Phi) is 4.34. The van der Waals surface area contributed by atoms with E-state index in [2.05, 4.69) is 46.3 Å². The molecule has 1 atom stereocenters. The van der Waals surface area contributed by atoms with Gasteiger partial charge in [-0.05, 0) is 36.6 Å². The summed E-state index contributed by atoms with van der Waals surface area (Å²) in [4.78, 5) is 6.79. The molecule has 3 heteroatoms. The fourth-order valence-corrected chi connectivity index (χ4v) is 3.07. The number of benzene rings is 1. The van der Waals surface area contributed by atoms with Crippen molar-refractivity contribution in [1.29, 1.82) is 0 Å². The Bertz CT molecular complexity index is 539. The van der Waals surface area contributed by atoms with Crippen LogP contribution in [0.2, 0.25) is 5.15 Å². The van der Waals surface area contributed by atoms with Gasteiger partial charge in [0.2, 0.25) is 0 Å². The number of halogens is 1. The monoisotopic (exact) mass is 286 g/mol. The summed E-state index contributed by atoms with van der Waals surface area (Å²) in [5, 5.41) is 0.569. The highest BCUT2D eigenvalue weighted by Gasteiger charge is 2.24. The van der Waals surface area contributed by atoms with E-state index < -0.39 is 0 Å². The van der Waals surface area contributed by atoms with E-state index in [0.29, 0.717) is 11.2 Å². The van der Waals surface area contributed by atoms with E-state index in [1.807, 2.05) is 12.3 Å². The van der Waals surface area contributed by atoms with Gasteiger partial charge in [-0.15, -0.1) is 0 Å². The van der Waals surface area contributed by atoms with Gasteiger partial charge < -0.3 is 0 Å². The molecular weight excluding hydrogens is 268 g/mol. The third kappa shape index (κ3) is 3.20. The van der Waals surface area contributed by atoms with Crippen LogP contribution in [-0.4, -0.2) is 16.4 Å². The minimum atomic E-state index is 0.466. The average Bonchev–Trinajstić information content (AvgIpc) is 2.50. The van der Waals surface area contributed by atoms with Gasteiger partial charge in [-0.3, -0.25) is 4.90 Å². The molecule has 2 nitrogen and oxygen atoms in total. The highest BCUT2D eigenvalue weighted by atomic mass is 35.5. The molecule has 0 aliphatic carbocycles. The van der Waals surface area contributed by atoms with Crippen LogP contribution >= 0.6 is 11.6 Å². The molecule has 0 spiro atoms. The SMILES string of the molecule is Clc1ccc([C@H]2CCCCN2Cc2ccccc2)cn1. The number of nitrogens with zero attached hydrogens (tertiary/aromatic N) is 2. The zero-order chi connectivity index (χ0) is 13.8. The smallest absolute Gasteiger partial charge is 0.129 e. The molecule has 0 saturated carbocycles. The second kappa shape index (κ2) is 6.38. The van der Waals surface area contributed by atoms with E-state index in [1.54, 1.807) is 0 Å². The van der Waals surface area contributed by atoms with E-state index in [0.717, 1.165) is 13.1 Å². The second-order valence-electron chi connectivity index (χ2n) is 5.38. The second-order valence-corrected chi connectivity index (χ2v) is 5.77. The third-order valence-electron chi connectivity index (χ3n) is 3.98. The first-order valence-electron chi connectivity index (χ1n) is 7.22. The summed E-state index contributed by atoms with van der Waals surface area (Å²) < 4.78 is 0. The topological polar surface area (TPSA) is 16.1 Å². The molecule has 0 N–H and O–H groups in total. The summed E-state index contributed by atoms with van der Waals surface area (Å²) in [6.07, 6.45) is 5.70. The normalized spacial score (nSPS) is 19.9. The van der Waals surface area contributed by atoms with Gasteiger partial charge >= 0.3 is 0 Å². The number of piperidine rings is 1. The van der Waals surface area contributed by atoms with Gasteiger partial charge in [0.05, 0.1) is 0 Å². The predicted molar refractivity (Wildman–Crippen MR) is 82.7 cm³/mol. The maximum Gasteiger partial charge on any atom is 0.129 e. The molecule has 20 heavy (non-hydrogen) atoms. The van der Waals surface area contributed by atoms with Gasteiger partial charge in [-0.25, -0.2) is 4.98 Å². The van der Waals surface area contributed by atoms with E-state index in [4.69, 9.17) is 11.6 Å². The largest absolute Gasteiger partial charge is 0.292 e.